The van der Waals surface area contributed by atoms with Crippen molar-refractivity contribution in [1.29, 1.82) is 0 Å². The molecule has 23 heavy (non-hydrogen) atoms. The fourth-order valence-electron chi connectivity index (χ4n) is 2.55. The van der Waals surface area contributed by atoms with E-state index in [0.29, 0.717) is 0 Å². The minimum atomic E-state index is -4.41. The quantitative estimate of drug-likeness (QED) is 0.835. The van der Waals surface area contributed by atoms with Gasteiger partial charge in [0.1, 0.15) is 16.4 Å². The van der Waals surface area contributed by atoms with Crippen molar-refractivity contribution in [2.75, 3.05) is 27.3 Å². The molecule has 0 saturated carbocycles. The van der Waals surface area contributed by atoms with Gasteiger partial charge in [0.05, 0.1) is 20.1 Å². The molecule has 9 heteroatoms. The number of sulfonamides is 1. The molecule has 0 spiro atoms. The fraction of sp³-hybridized carbons (Fsp3) is 0.571. The van der Waals surface area contributed by atoms with Gasteiger partial charge in [-0.2, -0.15) is 17.5 Å². The zero-order valence-corrected chi connectivity index (χ0v) is 13.6. The average molecular weight is 353 g/mol. The number of ether oxygens (including phenoxy) is 2. The predicted molar refractivity (Wildman–Crippen MR) is 77.1 cm³/mol. The van der Waals surface area contributed by atoms with E-state index in [9.17, 15) is 21.6 Å². The number of rotatable bonds is 4. The lowest BCUT2D eigenvalue weighted by atomic mass is 9.99. The number of hydrogen-bond acceptors (Lipinski definition) is 4. The monoisotopic (exact) mass is 353 g/mol. The van der Waals surface area contributed by atoms with Crippen molar-refractivity contribution < 1.29 is 31.1 Å². The summed E-state index contributed by atoms with van der Waals surface area (Å²) in [6.45, 7) is -0.526. The first-order chi connectivity index (χ1) is 10.7. The van der Waals surface area contributed by atoms with Gasteiger partial charge in [-0.05, 0) is 25.0 Å². The maximum Gasteiger partial charge on any atom is 0.393 e. The van der Waals surface area contributed by atoms with Crippen LogP contribution in [0.25, 0.3) is 0 Å². The van der Waals surface area contributed by atoms with Gasteiger partial charge in [-0.25, -0.2) is 8.42 Å². The van der Waals surface area contributed by atoms with Crippen molar-refractivity contribution in [3.63, 3.8) is 0 Å². The number of nitrogens with zero attached hydrogens (tertiary/aromatic N) is 1. The molecule has 1 aromatic rings. The van der Waals surface area contributed by atoms with E-state index in [4.69, 9.17) is 9.47 Å². The molecule has 2 rings (SSSR count). The Labute approximate surface area is 133 Å². The topological polar surface area (TPSA) is 55.8 Å². The van der Waals surface area contributed by atoms with Gasteiger partial charge in [0.25, 0.3) is 0 Å². The minimum Gasteiger partial charge on any atom is -0.497 e. The van der Waals surface area contributed by atoms with E-state index < -0.39 is 28.7 Å². The summed E-state index contributed by atoms with van der Waals surface area (Å²) >= 11 is 0. The first-order valence-corrected chi connectivity index (χ1v) is 8.43. The Morgan fingerprint density at radius 3 is 2.48 bits per heavy atom. The van der Waals surface area contributed by atoms with Gasteiger partial charge in [0, 0.05) is 19.2 Å². The molecular weight excluding hydrogens is 335 g/mol. The second-order valence-electron chi connectivity index (χ2n) is 5.26. The lowest BCUT2D eigenvalue weighted by molar-refractivity contribution is -0.182. The van der Waals surface area contributed by atoms with Gasteiger partial charge >= 0.3 is 6.18 Å². The van der Waals surface area contributed by atoms with E-state index in [1.807, 2.05) is 0 Å². The molecule has 130 valence electrons. The summed E-state index contributed by atoms with van der Waals surface area (Å²) in [5, 5.41) is 0. The van der Waals surface area contributed by atoms with E-state index in [2.05, 4.69) is 0 Å². The smallest absolute Gasteiger partial charge is 0.393 e. The Morgan fingerprint density at radius 2 is 1.91 bits per heavy atom. The Kier molecular flexibility index (Phi) is 5.10. The third-order valence-electron chi connectivity index (χ3n) is 3.84. The third-order valence-corrected chi connectivity index (χ3v) is 5.72. The molecule has 5 nitrogen and oxygen atoms in total. The zero-order valence-electron chi connectivity index (χ0n) is 12.8. The molecule has 1 unspecified atom stereocenters. The standard InChI is InChI=1S/C14H18F3NO4S/c1-21-11-5-6-12(22-2)13(8-11)23(19,20)18-7-3-4-10(9-18)14(15,16)17/h5-6,8,10H,3-4,7,9H2,1-2H3. The maximum atomic E-state index is 12.9. The van der Waals surface area contributed by atoms with E-state index >= 15 is 0 Å². The Balaban J connectivity index is 2.38. The average Bonchev–Trinajstić information content (AvgIpc) is 2.53. The molecule has 1 saturated heterocycles. The third kappa shape index (κ3) is 3.72. The van der Waals surface area contributed by atoms with Crippen LogP contribution in [0.4, 0.5) is 13.2 Å². The summed E-state index contributed by atoms with van der Waals surface area (Å²) in [6, 6.07) is 4.19. The van der Waals surface area contributed by atoms with E-state index in [0.717, 1.165) is 4.31 Å². The highest BCUT2D eigenvalue weighted by molar-refractivity contribution is 7.89. The van der Waals surface area contributed by atoms with Crippen molar-refractivity contribution in [1.82, 2.24) is 4.31 Å². The second-order valence-corrected chi connectivity index (χ2v) is 7.17. The highest BCUT2D eigenvalue weighted by Crippen LogP contribution is 2.37. The summed E-state index contributed by atoms with van der Waals surface area (Å²) in [5.74, 6) is -1.30. The summed E-state index contributed by atoms with van der Waals surface area (Å²) in [7, 11) is -1.43. The molecule has 0 aromatic heterocycles. The highest BCUT2D eigenvalue weighted by Gasteiger charge is 2.44. The molecule has 0 amide bonds. The number of piperidine rings is 1. The molecule has 1 aliphatic heterocycles. The van der Waals surface area contributed by atoms with Crippen LogP contribution >= 0.6 is 0 Å². The molecule has 0 radical (unpaired) electrons. The van der Waals surface area contributed by atoms with Crippen LogP contribution in [0.1, 0.15) is 12.8 Å². The van der Waals surface area contributed by atoms with Crippen LogP contribution in [0, 0.1) is 5.92 Å². The van der Waals surface area contributed by atoms with Gasteiger partial charge in [-0.15, -0.1) is 0 Å². The van der Waals surface area contributed by atoms with Crippen LogP contribution in [0.15, 0.2) is 23.1 Å². The summed E-state index contributed by atoms with van der Waals surface area (Å²) < 4.78 is 75.1. The van der Waals surface area contributed by atoms with Crippen LogP contribution in [0.3, 0.4) is 0 Å². The van der Waals surface area contributed by atoms with Gasteiger partial charge in [0.2, 0.25) is 10.0 Å². The van der Waals surface area contributed by atoms with Crippen molar-refractivity contribution in [2.24, 2.45) is 5.92 Å². The van der Waals surface area contributed by atoms with Crippen LogP contribution < -0.4 is 9.47 Å². The summed E-state index contributed by atoms with van der Waals surface area (Å²) in [4.78, 5) is -0.192. The van der Waals surface area contributed by atoms with E-state index in [1.54, 1.807) is 0 Å². The number of methoxy groups -OCH3 is 2. The Morgan fingerprint density at radius 1 is 1.22 bits per heavy atom. The largest absolute Gasteiger partial charge is 0.497 e. The zero-order chi connectivity index (χ0) is 17.3. The number of halogens is 3. The number of benzene rings is 1. The molecule has 0 N–H and O–H groups in total. The van der Waals surface area contributed by atoms with Crippen LogP contribution in [0.2, 0.25) is 0 Å². The lowest BCUT2D eigenvalue weighted by Gasteiger charge is -2.33. The van der Waals surface area contributed by atoms with Crippen molar-refractivity contribution >= 4 is 10.0 Å². The molecule has 0 bridgehead atoms. The first kappa shape index (κ1) is 17.9. The van der Waals surface area contributed by atoms with Gasteiger partial charge in [0.15, 0.2) is 0 Å². The molecule has 1 fully saturated rings. The van der Waals surface area contributed by atoms with E-state index in [-0.39, 0.29) is 35.8 Å². The molecule has 1 aliphatic rings. The first-order valence-electron chi connectivity index (χ1n) is 6.99. The van der Waals surface area contributed by atoms with Gasteiger partial charge in [-0.3, -0.25) is 0 Å². The van der Waals surface area contributed by atoms with Crippen LogP contribution in [0.5, 0.6) is 11.5 Å². The highest BCUT2D eigenvalue weighted by atomic mass is 32.2. The molecule has 1 atom stereocenters. The normalized spacial score (nSPS) is 20.3. The SMILES string of the molecule is COc1ccc(OC)c(S(=O)(=O)N2CCCC(C(F)(F)F)C2)c1. The van der Waals surface area contributed by atoms with Crippen molar-refractivity contribution in [3.8, 4) is 11.5 Å². The predicted octanol–water partition coefficient (Wildman–Crippen LogP) is 2.67. The van der Waals surface area contributed by atoms with Gasteiger partial charge < -0.3 is 9.47 Å². The minimum absolute atomic E-state index is 0.0509. The number of hydrogen-bond donors (Lipinski definition) is 0. The Bertz CT molecular complexity index is 660. The maximum absolute atomic E-state index is 12.9. The van der Waals surface area contributed by atoms with E-state index in [1.165, 1.54) is 32.4 Å². The molecule has 1 aromatic carbocycles. The lowest BCUT2D eigenvalue weighted by Crippen LogP contribution is -2.44. The molecular formula is C14H18F3NO4S. The summed E-state index contributed by atoms with van der Waals surface area (Å²) in [6.07, 6.45) is -4.31. The van der Waals surface area contributed by atoms with Crippen molar-refractivity contribution in [3.05, 3.63) is 18.2 Å². The molecule has 0 aliphatic carbocycles. The molecule has 1 heterocycles. The fourth-order valence-corrected chi connectivity index (χ4v) is 4.25. The van der Waals surface area contributed by atoms with Crippen LogP contribution in [-0.4, -0.2) is 46.2 Å². The number of alkyl halides is 3. The summed E-state index contributed by atoms with van der Waals surface area (Å²) in [5.41, 5.74) is 0. The Hall–Kier alpha value is -1.48. The van der Waals surface area contributed by atoms with Crippen LogP contribution in [-0.2, 0) is 10.0 Å². The van der Waals surface area contributed by atoms with Crippen molar-refractivity contribution in [2.45, 2.75) is 23.9 Å². The second kappa shape index (κ2) is 6.56. The van der Waals surface area contributed by atoms with Gasteiger partial charge in [-0.1, -0.05) is 0 Å².